The van der Waals surface area contributed by atoms with Crippen LogP contribution in [0.1, 0.15) is 39.0 Å². The van der Waals surface area contributed by atoms with Crippen molar-refractivity contribution in [3.8, 4) is 0 Å². The van der Waals surface area contributed by atoms with Gasteiger partial charge in [0.2, 0.25) is 0 Å². The van der Waals surface area contributed by atoms with Gasteiger partial charge in [0.1, 0.15) is 0 Å². The van der Waals surface area contributed by atoms with Gasteiger partial charge in [-0.2, -0.15) is 0 Å². The van der Waals surface area contributed by atoms with Crippen molar-refractivity contribution >= 4 is 0 Å². The van der Waals surface area contributed by atoms with Crippen LogP contribution in [-0.4, -0.2) is 34.1 Å². The summed E-state index contributed by atoms with van der Waals surface area (Å²) in [6.45, 7) is 2.35. The normalized spacial score (nSPS) is 46.8. The number of hydrogen-bond donors (Lipinski definition) is 3. The fourth-order valence-corrected chi connectivity index (χ4v) is 3.12. The summed E-state index contributed by atoms with van der Waals surface area (Å²) in [5, 5.41) is 28.5. The van der Waals surface area contributed by atoms with Crippen LogP contribution in [0.25, 0.3) is 0 Å². The summed E-state index contributed by atoms with van der Waals surface area (Å²) >= 11 is 0. The zero-order chi connectivity index (χ0) is 11.1. The Morgan fingerprint density at radius 3 is 2.27 bits per heavy atom. The molecule has 2 rings (SSSR count). The van der Waals surface area contributed by atoms with E-state index < -0.39 is 0 Å². The highest BCUT2D eigenvalue weighted by Crippen LogP contribution is 2.51. The molecule has 0 aliphatic heterocycles. The molecule has 2 saturated carbocycles. The molecule has 2 aliphatic rings. The van der Waals surface area contributed by atoms with Crippen molar-refractivity contribution in [2.24, 2.45) is 17.3 Å². The second-order valence-corrected chi connectivity index (χ2v) is 5.56. The quantitative estimate of drug-likeness (QED) is 0.652. The predicted molar refractivity (Wildman–Crippen MR) is 57.3 cm³/mol. The summed E-state index contributed by atoms with van der Waals surface area (Å²) in [6.07, 6.45) is 3.99. The molecule has 0 spiro atoms. The van der Waals surface area contributed by atoms with Gasteiger partial charge < -0.3 is 15.3 Å². The molecule has 15 heavy (non-hydrogen) atoms. The van der Waals surface area contributed by atoms with Crippen LogP contribution < -0.4 is 0 Å². The van der Waals surface area contributed by atoms with Gasteiger partial charge in [0.25, 0.3) is 0 Å². The average molecular weight is 214 g/mol. The predicted octanol–water partition coefficient (Wildman–Crippen LogP) is 0.917. The van der Waals surface area contributed by atoms with E-state index in [2.05, 4.69) is 6.92 Å². The van der Waals surface area contributed by atoms with E-state index in [1.807, 2.05) is 0 Å². The molecule has 0 aromatic heterocycles. The second-order valence-electron chi connectivity index (χ2n) is 5.56. The van der Waals surface area contributed by atoms with Crippen molar-refractivity contribution in [3.05, 3.63) is 0 Å². The van der Waals surface area contributed by atoms with Crippen LogP contribution >= 0.6 is 0 Å². The third kappa shape index (κ3) is 1.93. The Morgan fingerprint density at radius 1 is 1.27 bits per heavy atom. The third-order valence-corrected chi connectivity index (χ3v) is 4.59. The summed E-state index contributed by atoms with van der Waals surface area (Å²) in [7, 11) is 0. The SMILES string of the molecule is CCC1(CO)CC(C(O)C2CC(O)C2)C1. The number of rotatable bonds is 4. The van der Waals surface area contributed by atoms with Crippen molar-refractivity contribution in [1.29, 1.82) is 0 Å². The second kappa shape index (κ2) is 4.04. The van der Waals surface area contributed by atoms with Crippen molar-refractivity contribution in [1.82, 2.24) is 0 Å². The molecule has 0 radical (unpaired) electrons. The smallest absolute Gasteiger partial charge is 0.0598 e. The van der Waals surface area contributed by atoms with Gasteiger partial charge >= 0.3 is 0 Å². The third-order valence-electron chi connectivity index (χ3n) is 4.59. The van der Waals surface area contributed by atoms with Crippen LogP contribution in [0.3, 0.4) is 0 Å². The van der Waals surface area contributed by atoms with Crippen molar-refractivity contribution in [3.63, 3.8) is 0 Å². The number of hydrogen-bond acceptors (Lipinski definition) is 3. The van der Waals surface area contributed by atoms with E-state index in [0.717, 1.165) is 32.1 Å². The van der Waals surface area contributed by atoms with Gasteiger partial charge in [-0.25, -0.2) is 0 Å². The van der Waals surface area contributed by atoms with Gasteiger partial charge in [-0.15, -0.1) is 0 Å². The lowest BCUT2D eigenvalue weighted by atomic mass is 9.56. The summed E-state index contributed by atoms with van der Waals surface area (Å²) in [4.78, 5) is 0. The standard InChI is InChI=1S/C12H22O3/c1-2-12(7-13)5-9(6-12)11(15)8-3-10(14)4-8/h8-11,13-15H,2-7H2,1H3. The summed E-state index contributed by atoms with van der Waals surface area (Å²) < 4.78 is 0. The fourth-order valence-electron chi connectivity index (χ4n) is 3.12. The van der Waals surface area contributed by atoms with Crippen LogP contribution in [-0.2, 0) is 0 Å². The molecule has 0 bridgehead atoms. The molecule has 3 nitrogen and oxygen atoms in total. The molecule has 2 fully saturated rings. The zero-order valence-corrected chi connectivity index (χ0v) is 9.39. The molecule has 1 atom stereocenters. The minimum absolute atomic E-state index is 0.0913. The minimum Gasteiger partial charge on any atom is -0.396 e. The first-order chi connectivity index (χ1) is 7.10. The van der Waals surface area contributed by atoms with Crippen LogP contribution in [0.15, 0.2) is 0 Å². The first-order valence-electron chi connectivity index (χ1n) is 6.07. The topological polar surface area (TPSA) is 60.7 Å². The van der Waals surface area contributed by atoms with E-state index in [-0.39, 0.29) is 24.2 Å². The lowest BCUT2D eigenvalue weighted by Crippen LogP contribution is -2.50. The summed E-state index contributed by atoms with van der Waals surface area (Å²) in [5.41, 5.74) is 0.0913. The molecule has 3 heteroatoms. The first-order valence-corrected chi connectivity index (χ1v) is 6.07. The Labute approximate surface area is 91.1 Å². The highest BCUT2D eigenvalue weighted by atomic mass is 16.3. The Bertz CT molecular complexity index is 211. The molecule has 0 aromatic rings. The van der Waals surface area contributed by atoms with Gasteiger partial charge in [0, 0.05) is 6.61 Å². The maximum Gasteiger partial charge on any atom is 0.0598 e. The molecule has 1 unspecified atom stereocenters. The molecular formula is C12H22O3. The highest BCUT2D eigenvalue weighted by Gasteiger charge is 2.48. The van der Waals surface area contributed by atoms with E-state index in [4.69, 9.17) is 0 Å². The largest absolute Gasteiger partial charge is 0.396 e. The Kier molecular flexibility index (Phi) is 3.06. The van der Waals surface area contributed by atoms with E-state index in [1.165, 1.54) is 0 Å². The Morgan fingerprint density at radius 2 is 1.87 bits per heavy atom. The molecule has 0 saturated heterocycles. The number of aliphatic hydroxyl groups is 3. The highest BCUT2D eigenvalue weighted by molar-refractivity contribution is 4.98. The van der Waals surface area contributed by atoms with Gasteiger partial charge in [-0.05, 0) is 49.4 Å². The molecule has 0 amide bonds. The molecule has 0 aromatic carbocycles. The van der Waals surface area contributed by atoms with E-state index in [9.17, 15) is 15.3 Å². The monoisotopic (exact) mass is 214 g/mol. The van der Waals surface area contributed by atoms with Gasteiger partial charge in [0.15, 0.2) is 0 Å². The van der Waals surface area contributed by atoms with Gasteiger partial charge in [-0.3, -0.25) is 0 Å². The van der Waals surface area contributed by atoms with Crippen LogP contribution in [0.4, 0.5) is 0 Å². The van der Waals surface area contributed by atoms with Crippen LogP contribution in [0.2, 0.25) is 0 Å². The van der Waals surface area contributed by atoms with Crippen LogP contribution in [0.5, 0.6) is 0 Å². The van der Waals surface area contributed by atoms with Gasteiger partial charge in [0.05, 0.1) is 12.2 Å². The fraction of sp³-hybridized carbons (Fsp3) is 1.00. The molecule has 0 heterocycles. The van der Waals surface area contributed by atoms with E-state index in [1.54, 1.807) is 0 Å². The summed E-state index contributed by atoms with van der Waals surface area (Å²) in [5.74, 6) is 0.660. The molecule has 3 N–H and O–H groups in total. The maximum absolute atomic E-state index is 10.0. The average Bonchev–Trinajstić information content (AvgIpc) is 2.12. The van der Waals surface area contributed by atoms with Crippen LogP contribution in [0, 0.1) is 17.3 Å². The molecule has 2 aliphatic carbocycles. The van der Waals surface area contributed by atoms with Crippen molar-refractivity contribution in [2.75, 3.05) is 6.61 Å². The van der Waals surface area contributed by atoms with E-state index in [0.29, 0.717) is 11.8 Å². The lowest BCUT2D eigenvalue weighted by Gasteiger charge is -2.51. The number of aliphatic hydroxyl groups excluding tert-OH is 3. The molecular weight excluding hydrogens is 192 g/mol. The molecule has 88 valence electrons. The minimum atomic E-state index is -0.250. The summed E-state index contributed by atoms with van der Waals surface area (Å²) in [6, 6.07) is 0. The Balaban J connectivity index is 1.78. The van der Waals surface area contributed by atoms with Crippen molar-refractivity contribution < 1.29 is 15.3 Å². The van der Waals surface area contributed by atoms with E-state index >= 15 is 0 Å². The lowest BCUT2D eigenvalue weighted by molar-refractivity contribution is -0.115. The zero-order valence-electron chi connectivity index (χ0n) is 9.39. The van der Waals surface area contributed by atoms with Gasteiger partial charge in [-0.1, -0.05) is 6.92 Å². The Hall–Kier alpha value is -0.120. The van der Waals surface area contributed by atoms with Crippen molar-refractivity contribution in [2.45, 2.75) is 51.2 Å². The first kappa shape index (κ1) is 11.4. The maximum atomic E-state index is 10.0.